The summed E-state index contributed by atoms with van der Waals surface area (Å²) in [6.07, 6.45) is 12.6. The summed E-state index contributed by atoms with van der Waals surface area (Å²) in [5, 5.41) is 3.86. The Bertz CT molecular complexity index is 262. The zero-order valence-corrected chi connectivity index (χ0v) is 14.0. The third kappa shape index (κ3) is 4.46. The van der Waals surface area contributed by atoms with E-state index in [1.807, 2.05) is 0 Å². The number of rotatable bonds is 9. The first-order valence-electron chi connectivity index (χ1n) is 9.29. The predicted octanol–water partition coefficient (Wildman–Crippen LogP) is 4.20. The lowest BCUT2D eigenvalue weighted by Crippen LogP contribution is -2.54. The highest BCUT2D eigenvalue weighted by molar-refractivity contribution is 4.97. The molecule has 2 saturated carbocycles. The molecule has 2 nitrogen and oxygen atoms in total. The van der Waals surface area contributed by atoms with Gasteiger partial charge in [-0.3, -0.25) is 4.90 Å². The van der Waals surface area contributed by atoms with Gasteiger partial charge >= 0.3 is 0 Å². The van der Waals surface area contributed by atoms with Crippen LogP contribution in [0.4, 0.5) is 0 Å². The molecule has 20 heavy (non-hydrogen) atoms. The van der Waals surface area contributed by atoms with Gasteiger partial charge in [0.15, 0.2) is 0 Å². The van der Waals surface area contributed by atoms with Crippen molar-refractivity contribution in [3.05, 3.63) is 0 Å². The van der Waals surface area contributed by atoms with Crippen LogP contribution in [-0.2, 0) is 0 Å². The van der Waals surface area contributed by atoms with Crippen molar-refractivity contribution in [2.24, 2.45) is 5.92 Å². The highest BCUT2D eigenvalue weighted by Crippen LogP contribution is 2.37. The minimum atomic E-state index is 0.759. The van der Waals surface area contributed by atoms with Crippen LogP contribution in [0.1, 0.15) is 78.6 Å². The van der Waals surface area contributed by atoms with Gasteiger partial charge in [-0.05, 0) is 64.0 Å². The Labute approximate surface area is 126 Å². The van der Waals surface area contributed by atoms with Crippen LogP contribution in [0.25, 0.3) is 0 Å². The molecule has 2 aliphatic rings. The topological polar surface area (TPSA) is 15.3 Å². The Morgan fingerprint density at radius 1 is 0.950 bits per heavy atom. The third-order valence-corrected chi connectivity index (χ3v) is 5.20. The average Bonchev–Trinajstić information content (AvgIpc) is 3.28. The average molecular weight is 280 g/mol. The second-order valence-electron chi connectivity index (χ2n) is 7.06. The van der Waals surface area contributed by atoms with Gasteiger partial charge in [0.2, 0.25) is 0 Å². The fourth-order valence-corrected chi connectivity index (χ4v) is 4.12. The van der Waals surface area contributed by atoms with E-state index in [1.165, 1.54) is 70.9 Å². The van der Waals surface area contributed by atoms with Gasteiger partial charge in [0.1, 0.15) is 0 Å². The van der Waals surface area contributed by atoms with Gasteiger partial charge in [0, 0.05) is 18.1 Å². The summed E-state index contributed by atoms with van der Waals surface area (Å²) in [6.45, 7) is 9.50. The molecule has 2 aliphatic carbocycles. The third-order valence-electron chi connectivity index (χ3n) is 5.20. The largest absolute Gasteiger partial charge is 0.312 e. The van der Waals surface area contributed by atoms with E-state index in [-0.39, 0.29) is 0 Å². The molecular weight excluding hydrogens is 244 g/mol. The first-order valence-corrected chi connectivity index (χ1v) is 9.29. The van der Waals surface area contributed by atoms with E-state index < -0.39 is 0 Å². The summed E-state index contributed by atoms with van der Waals surface area (Å²) in [5.74, 6) is 0.989. The Hall–Kier alpha value is -0.0800. The van der Waals surface area contributed by atoms with Crippen LogP contribution in [-0.4, -0.2) is 36.1 Å². The molecule has 0 aliphatic heterocycles. The van der Waals surface area contributed by atoms with E-state index >= 15 is 0 Å². The Morgan fingerprint density at radius 3 is 2.35 bits per heavy atom. The highest BCUT2D eigenvalue weighted by atomic mass is 15.2. The summed E-state index contributed by atoms with van der Waals surface area (Å²) in [6, 6.07) is 2.50. The molecule has 0 spiro atoms. The zero-order valence-electron chi connectivity index (χ0n) is 14.0. The predicted molar refractivity (Wildman–Crippen MR) is 88.1 cm³/mol. The summed E-state index contributed by atoms with van der Waals surface area (Å²) in [7, 11) is 0. The van der Waals surface area contributed by atoms with Gasteiger partial charge in [-0.2, -0.15) is 0 Å². The van der Waals surface area contributed by atoms with Gasteiger partial charge in [-0.15, -0.1) is 0 Å². The van der Waals surface area contributed by atoms with Crippen LogP contribution in [0.15, 0.2) is 0 Å². The van der Waals surface area contributed by atoms with Crippen LogP contribution < -0.4 is 5.32 Å². The van der Waals surface area contributed by atoms with E-state index in [4.69, 9.17) is 0 Å². The van der Waals surface area contributed by atoms with Crippen molar-refractivity contribution in [2.75, 3.05) is 13.1 Å². The summed E-state index contributed by atoms with van der Waals surface area (Å²) in [5.41, 5.74) is 0. The second kappa shape index (κ2) is 8.38. The minimum Gasteiger partial charge on any atom is -0.312 e. The van der Waals surface area contributed by atoms with Crippen molar-refractivity contribution in [3.63, 3.8) is 0 Å². The van der Waals surface area contributed by atoms with Crippen LogP contribution in [0.2, 0.25) is 0 Å². The van der Waals surface area contributed by atoms with E-state index in [1.54, 1.807) is 0 Å². The molecule has 3 atom stereocenters. The molecule has 118 valence electrons. The summed E-state index contributed by atoms with van der Waals surface area (Å²) >= 11 is 0. The van der Waals surface area contributed by atoms with Gasteiger partial charge in [0.05, 0.1) is 0 Å². The smallest absolute Gasteiger partial charge is 0.0254 e. The van der Waals surface area contributed by atoms with Gasteiger partial charge < -0.3 is 5.32 Å². The molecule has 0 saturated heterocycles. The molecule has 2 rings (SSSR count). The Morgan fingerprint density at radius 2 is 1.75 bits per heavy atom. The quantitative estimate of drug-likeness (QED) is 0.681. The summed E-state index contributed by atoms with van der Waals surface area (Å²) < 4.78 is 0. The number of nitrogens with zero attached hydrogens (tertiary/aromatic N) is 1. The summed E-state index contributed by atoms with van der Waals surface area (Å²) in [4.78, 5) is 2.88. The standard InChI is InChI=1S/C18H36N2/c1-4-7-15-8-11-17(19-12-5-2)18(14-15)20(13-6-3)16-9-10-16/h15-19H,4-14H2,1-3H3. The SMILES string of the molecule is CCCNC1CCC(CCC)CC1N(CCC)C1CC1. The molecule has 3 unspecified atom stereocenters. The lowest BCUT2D eigenvalue weighted by molar-refractivity contribution is 0.0869. The fourth-order valence-electron chi connectivity index (χ4n) is 4.12. The molecule has 0 bridgehead atoms. The van der Waals surface area contributed by atoms with Crippen molar-refractivity contribution in [1.29, 1.82) is 0 Å². The lowest BCUT2D eigenvalue weighted by Gasteiger charge is -2.43. The Kier molecular flexibility index (Phi) is 6.83. The van der Waals surface area contributed by atoms with Crippen LogP contribution >= 0.6 is 0 Å². The maximum Gasteiger partial charge on any atom is 0.0254 e. The molecule has 2 fully saturated rings. The molecule has 0 radical (unpaired) electrons. The number of nitrogens with one attached hydrogen (secondary N) is 1. The van der Waals surface area contributed by atoms with Crippen LogP contribution in [0, 0.1) is 5.92 Å². The van der Waals surface area contributed by atoms with E-state index in [0.717, 1.165) is 24.0 Å². The van der Waals surface area contributed by atoms with E-state index in [9.17, 15) is 0 Å². The maximum atomic E-state index is 3.86. The molecule has 2 heteroatoms. The van der Waals surface area contributed by atoms with Crippen molar-refractivity contribution in [3.8, 4) is 0 Å². The maximum absolute atomic E-state index is 3.86. The van der Waals surface area contributed by atoms with Gasteiger partial charge in [-0.25, -0.2) is 0 Å². The first kappa shape index (κ1) is 16.3. The van der Waals surface area contributed by atoms with Crippen molar-refractivity contribution in [2.45, 2.75) is 96.7 Å². The van der Waals surface area contributed by atoms with Crippen molar-refractivity contribution >= 4 is 0 Å². The second-order valence-corrected chi connectivity index (χ2v) is 7.06. The highest BCUT2D eigenvalue weighted by Gasteiger charge is 2.39. The van der Waals surface area contributed by atoms with Gasteiger partial charge in [0.25, 0.3) is 0 Å². The number of hydrogen-bond donors (Lipinski definition) is 1. The van der Waals surface area contributed by atoms with Crippen LogP contribution in [0.5, 0.6) is 0 Å². The lowest BCUT2D eigenvalue weighted by atomic mass is 9.79. The van der Waals surface area contributed by atoms with Crippen molar-refractivity contribution < 1.29 is 0 Å². The minimum absolute atomic E-state index is 0.759. The van der Waals surface area contributed by atoms with Gasteiger partial charge in [-0.1, -0.05) is 33.6 Å². The Balaban J connectivity index is 1.98. The molecule has 0 amide bonds. The normalized spacial score (nSPS) is 30.9. The zero-order chi connectivity index (χ0) is 14.4. The molecule has 0 aromatic rings. The molecule has 0 aromatic carbocycles. The fraction of sp³-hybridized carbons (Fsp3) is 1.00. The van der Waals surface area contributed by atoms with Crippen LogP contribution in [0.3, 0.4) is 0 Å². The molecule has 0 aromatic heterocycles. The van der Waals surface area contributed by atoms with Crippen molar-refractivity contribution in [1.82, 2.24) is 10.2 Å². The number of hydrogen-bond acceptors (Lipinski definition) is 2. The first-order chi connectivity index (χ1) is 9.80. The monoisotopic (exact) mass is 280 g/mol. The van der Waals surface area contributed by atoms with E-state index in [2.05, 4.69) is 31.0 Å². The molecule has 1 N–H and O–H groups in total. The van der Waals surface area contributed by atoms with E-state index in [0.29, 0.717) is 0 Å². The molecular formula is C18H36N2. The molecule has 0 heterocycles.